The van der Waals surface area contributed by atoms with Gasteiger partial charge in [-0.25, -0.2) is 4.79 Å². The number of carbonyl (C=O) groups is 1. The molecule has 1 rings (SSSR count). The van der Waals surface area contributed by atoms with E-state index >= 15 is 0 Å². The number of anilines is 1. The number of hydrogen-bond donors (Lipinski definition) is 3. The van der Waals surface area contributed by atoms with Gasteiger partial charge in [-0.15, -0.1) is 0 Å². The molecule has 1 aromatic rings. The van der Waals surface area contributed by atoms with E-state index in [1.54, 1.807) is 0 Å². The molecule has 0 bridgehead atoms. The van der Waals surface area contributed by atoms with Gasteiger partial charge in [0.15, 0.2) is 0 Å². The normalized spacial score (nSPS) is 13.7. The van der Waals surface area contributed by atoms with Crippen molar-refractivity contribution in [2.45, 2.75) is 46.2 Å². The molecule has 0 aliphatic heterocycles. The maximum atomic E-state index is 11.8. The summed E-state index contributed by atoms with van der Waals surface area (Å²) in [7, 11) is 0. The Balaban J connectivity index is 2.64. The van der Waals surface area contributed by atoms with Crippen LogP contribution in [0.2, 0.25) is 0 Å². The Bertz CT molecular complexity index is 406. The summed E-state index contributed by atoms with van der Waals surface area (Å²) in [5.74, 6) is 0. The number of amides is 2. The average molecular weight is 263 g/mol. The molecule has 1 aromatic carbocycles. The third-order valence-corrected chi connectivity index (χ3v) is 3.14. The van der Waals surface area contributed by atoms with Crippen molar-refractivity contribution in [1.29, 1.82) is 0 Å². The number of urea groups is 1. The lowest BCUT2D eigenvalue weighted by Gasteiger charge is -2.15. The summed E-state index contributed by atoms with van der Waals surface area (Å²) >= 11 is 0. The lowest BCUT2D eigenvalue weighted by Crippen LogP contribution is -2.35. The highest BCUT2D eigenvalue weighted by Crippen LogP contribution is 2.17. The molecule has 106 valence electrons. The second-order valence-electron chi connectivity index (χ2n) is 4.81. The van der Waals surface area contributed by atoms with Gasteiger partial charge in [-0.05, 0) is 44.5 Å². The standard InChI is InChI=1S/C15H25N3O/c1-5-11(3)17-15(19)18-14-9-7-8-13(10-14)12(4)16-6-2/h7-12,16H,5-6H2,1-4H3,(H2,17,18,19). The molecule has 3 N–H and O–H groups in total. The summed E-state index contributed by atoms with van der Waals surface area (Å²) in [6, 6.07) is 8.24. The Labute approximate surface area is 116 Å². The second-order valence-corrected chi connectivity index (χ2v) is 4.81. The smallest absolute Gasteiger partial charge is 0.319 e. The van der Waals surface area contributed by atoms with Crippen LogP contribution in [-0.2, 0) is 0 Å². The van der Waals surface area contributed by atoms with Crippen LogP contribution >= 0.6 is 0 Å². The van der Waals surface area contributed by atoms with Crippen molar-refractivity contribution in [3.63, 3.8) is 0 Å². The van der Waals surface area contributed by atoms with Crippen LogP contribution in [0.1, 0.15) is 45.7 Å². The highest BCUT2D eigenvalue weighted by atomic mass is 16.2. The predicted octanol–water partition coefficient (Wildman–Crippen LogP) is 3.28. The summed E-state index contributed by atoms with van der Waals surface area (Å²) < 4.78 is 0. The first-order valence-electron chi connectivity index (χ1n) is 6.97. The fraction of sp³-hybridized carbons (Fsp3) is 0.533. The van der Waals surface area contributed by atoms with Crippen LogP contribution in [0, 0.1) is 0 Å². The molecule has 4 heteroatoms. The Morgan fingerprint density at radius 1 is 1.26 bits per heavy atom. The predicted molar refractivity (Wildman–Crippen MR) is 80.4 cm³/mol. The van der Waals surface area contributed by atoms with E-state index in [0.717, 1.165) is 18.7 Å². The summed E-state index contributed by atoms with van der Waals surface area (Å²) in [5.41, 5.74) is 1.99. The summed E-state index contributed by atoms with van der Waals surface area (Å²) in [6.45, 7) is 9.15. The van der Waals surface area contributed by atoms with E-state index in [4.69, 9.17) is 0 Å². The van der Waals surface area contributed by atoms with Gasteiger partial charge in [0, 0.05) is 17.8 Å². The van der Waals surface area contributed by atoms with Crippen LogP contribution < -0.4 is 16.0 Å². The quantitative estimate of drug-likeness (QED) is 0.737. The topological polar surface area (TPSA) is 53.2 Å². The van der Waals surface area contributed by atoms with Gasteiger partial charge in [-0.1, -0.05) is 26.0 Å². The van der Waals surface area contributed by atoms with Crippen LogP contribution in [0.5, 0.6) is 0 Å². The number of carbonyl (C=O) groups excluding carboxylic acids is 1. The summed E-state index contributed by atoms with van der Waals surface area (Å²) in [4.78, 5) is 11.8. The molecule has 0 saturated heterocycles. The Kier molecular flexibility index (Phi) is 6.36. The largest absolute Gasteiger partial charge is 0.335 e. The SMILES string of the molecule is CCNC(C)c1cccc(NC(=O)NC(C)CC)c1. The maximum Gasteiger partial charge on any atom is 0.319 e. The monoisotopic (exact) mass is 263 g/mol. The Morgan fingerprint density at radius 3 is 2.63 bits per heavy atom. The zero-order valence-electron chi connectivity index (χ0n) is 12.3. The van der Waals surface area contributed by atoms with Crippen molar-refractivity contribution in [3.8, 4) is 0 Å². The first-order valence-corrected chi connectivity index (χ1v) is 6.97. The molecule has 19 heavy (non-hydrogen) atoms. The van der Waals surface area contributed by atoms with E-state index in [1.807, 2.05) is 32.0 Å². The second kappa shape index (κ2) is 7.79. The Morgan fingerprint density at radius 2 is 2.00 bits per heavy atom. The molecule has 2 amide bonds. The van der Waals surface area contributed by atoms with Crippen LogP contribution in [0.4, 0.5) is 10.5 Å². The first kappa shape index (κ1) is 15.5. The van der Waals surface area contributed by atoms with Gasteiger partial charge < -0.3 is 16.0 Å². The molecule has 0 heterocycles. The van der Waals surface area contributed by atoms with Crippen molar-refractivity contribution in [3.05, 3.63) is 29.8 Å². The third kappa shape index (κ3) is 5.30. The van der Waals surface area contributed by atoms with Gasteiger partial charge in [-0.3, -0.25) is 0 Å². The van der Waals surface area contributed by atoms with Gasteiger partial charge in [-0.2, -0.15) is 0 Å². The summed E-state index contributed by atoms with van der Waals surface area (Å²) in [6.07, 6.45) is 0.922. The first-order chi connectivity index (χ1) is 9.06. The van der Waals surface area contributed by atoms with Gasteiger partial charge >= 0.3 is 6.03 Å². The fourth-order valence-electron chi connectivity index (χ4n) is 1.80. The molecule has 2 atom stereocenters. The van der Waals surface area contributed by atoms with Crippen molar-refractivity contribution in [2.24, 2.45) is 0 Å². The van der Waals surface area contributed by atoms with E-state index in [1.165, 1.54) is 5.56 Å². The molecule has 0 radical (unpaired) electrons. The maximum absolute atomic E-state index is 11.8. The van der Waals surface area contributed by atoms with E-state index in [9.17, 15) is 4.79 Å². The molecule has 4 nitrogen and oxygen atoms in total. The molecular weight excluding hydrogens is 238 g/mol. The van der Waals surface area contributed by atoms with Gasteiger partial charge in [0.05, 0.1) is 0 Å². The highest BCUT2D eigenvalue weighted by Gasteiger charge is 2.07. The van der Waals surface area contributed by atoms with Gasteiger partial charge in [0.2, 0.25) is 0 Å². The van der Waals surface area contributed by atoms with E-state index in [-0.39, 0.29) is 18.1 Å². The number of benzene rings is 1. The summed E-state index contributed by atoms with van der Waals surface area (Å²) in [5, 5.41) is 9.11. The molecule has 0 aromatic heterocycles. The Hall–Kier alpha value is -1.55. The molecule has 0 spiro atoms. The number of hydrogen-bond acceptors (Lipinski definition) is 2. The van der Waals surface area contributed by atoms with E-state index < -0.39 is 0 Å². The van der Waals surface area contributed by atoms with Gasteiger partial charge in [0.1, 0.15) is 0 Å². The van der Waals surface area contributed by atoms with Crippen molar-refractivity contribution >= 4 is 11.7 Å². The lowest BCUT2D eigenvalue weighted by atomic mass is 10.1. The minimum Gasteiger partial charge on any atom is -0.335 e. The van der Waals surface area contributed by atoms with E-state index in [0.29, 0.717) is 0 Å². The zero-order valence-corrected chi connectivity index (χ0v) is 12.3. The fourth-order valence-corrected chi connectivity index (χ4v) is 1.80. The lowest BCUT2D eigenvalue weighted by molar-refractivity contribution is 0.249. The van der Waals surface area contributed by atoms with Gasteiger partial charge in [0.25, 0.3) is 0 Å². The van der Waals surface area contributed by atoms with Crippen LogP contribution in [-0.4, -0.2) is 18.6 Å². The van der Waals surface area contributed by atoms with Crippen molar-refractivity contribution < 1.29 is 4.79 Å². The molecule has 0 saturated carbocycles. The highest BCUT2D eigenvalue weighted by molar-refractivity contribution is 5.89. The molecule has 0 aliphatic rings. The molecule has 0 fully saturated rings. The van der Waals surface area contributed by atoms with E-state index in [2.05, 4.69) is 35.9 Å². The van der Waals surface area contributed by atoms with Crippen molar-refractivity contribution in [2.75, 3.05) is 11.9 Å². The molecule has 0 aliphatic carbocycles. The average Bonchev–Trinajstić information content (AvgIpc) is 2.39. The van der Waals surface area contributed by atoms with Crippen LogP contribution in [0.3, 0.4) is 0 Å². The van der Waals surface area contributed by atoms with Crippen LogP contribution in [0.25, 0.3) is 0 Å². The number of nitrogens with one attached hydrogen (secondary N) is 3. The molecular formula is C15H25N3O. The zero-order chi connectivity index (χ0) is 14.3. The minimum absolute atomic E-state index is 0.150. The molecule has 2 unspecified atom stereocenters. The van der Waals surface area contributed by atoms with Crippen molar-refractivity contribution in [1.82, 2.24) is 10.6 Å². The third-order valence-electron chi connectivity index (χ3n) is 3.14. The van der Waals surface area contributed by atoms with Crippen LogP contribution in [0.15, 0.2) is 24.3 Å². The number of rotatable bonds is 6. The minimum atomic E-state index is -0.150.